The molecule has 64 valence electrons. The Kier molecular flexibility index (Phi) is 1.73. The standard InChI is InChI=1S/C7H9N3OS/c8-6(11)5-3-9-7(12-5)10-4-1-2-4/h3-4H,1-2H2,(H2,8,11)(H,9,10). The van der Waals surface area contributed by atoms with Crippen LogP contribution in [0.15, 0.2) is 6.20 Å². The van der Waals surface area contributed by atoms with Crippen LogP contribution in [0.4, 0.5) is 5.13 Å². The van der Waals surface area contributed by atoms with Crippen molar-refractivity contribution in [3.63, 3.8) is 0 Å². The zero-order chi connectivity index (χ0) is 8.55. The first-order chi connectivity index (χ1) is 5.75. The minimum absolute atomic E-state index is 0.406. The number of nitrogens with one attached hydrogen (secondary N) is 1. The summed E-state index contributed by atoms with van der Waals surface area (Å²) in [6.07, 6.45) is 3.91. The number of anilines is 1. The van der Waals surface area contributed by atoms with Gasteiger partial charge in [-0.15, -0.1) is 0 Å². The summed E-state index contributed by atoms with van der Waals surface area (Å²) in [6, 6.07) is 0.567. The maximum Gasteiger partial charge on any atom is 0.260 e. The SMILES string of the molecule is NC(=O)c1cnc(NC2CC2)s1. The molecule has 0 spiro atoms. The first-order valence-corrected chi connectivity index (χ1v) is 4.59. The van der Waals surface area contributed by atoms with E-state index in [1.54, 1.807) is 0 Å². The van der Waals surface area contributed by atoms with Crippen molar-refractivity contribution >= 4 is 22.4 Å². The van der Waals surface area contributed by atoms with Gasteiger partial charge in [-0.3, -0.25) is 4.79 Å². The molecule has 3 N–H and O–H groups in total. The lowest BCUT2D eigenvalue weighted by molar-refractivity contribution is 0.100. The second-order valence-electron chi connectivity index (χ2n) is 2.81. The van der Waals surface area contributed by atoms with Crippen LogP contribution >= 0.6 is 11.3 Å². The van der Waals surface area contributed by atoms with Crippen LogP contribution in [0, 0.1) is 0 Å². The van der Waals surface area contributed by atoms with Gasteiger partial charge in [0, 0.05) is 6.04 Å². The number of carbonyl (C=O) groups is 1. The zero-order valence-electron chi connectivity index (χ0n) is 6.41. The largest absolute Gasteiger partial charge is 0.365 e. The number of carbonyl (C=O) groups excluding carboxylic acids is 1. The van der Waals surface area contributed by atoms with E-state index < -0.39 is 5.91 Å². The van der Waals surface area contributed by atoms with E-state index in [1.807, 2.05) is 0 Å². The van der Waals surface area contributed by atoms with Crippen molar-refractivity contribution < 1.29 is 4.79 Å². The van der Waals surface area contributed by atoms with Crippen molar-refractivity contribution in [1.29, 1.82) is 0 Å². The summed E-state index contributed by atoms with van der Waals surface area (Å²) >= 11 is 1.31. The molecular weight excluding hydrogens is 174 g/mol. The summed E-state index contributed by atoms with van der Waals surface area (Å²) in [6.45, 7) is 0. The van der Waals surface area contributed by atoms with E-state index in [9.17, 15) is 4.79 Å². The molecule has 1 aromatic heterocycles. The summed E-state index contributed by atoms with van der Waals surface area (Å²) in [4.78, 5) is 15.2. The summed E-state index contributed by atoms with van der Waals surface area (Å²) < 4.78 is 0. The molecule has 1 heterocycles. The lowest BCUT2D eigenvalue weighted by Gasteiger charge is -1.94. The Labute approximate surface area is 73.8 Å². The molecule has 1 aliphatic rings. The van der Waals surface area contributed by atoms with Crippen LogP contribution in [0.2, 0.25) is 0 Å². The molecule has 0 aromatic carbocycles. The average molecular weight is 183 g/mol. The predicted molar refractivity (Wildman–Crippen MR) is 47.3 cm³/mol. The molecule has 0 atom stereocenters. The van der Waals surface area contributed by atoms with Gasteiger partial charge in [0.2, 0.25) is 0 Å². The number of aromatic nitrogens is 1. The third-order valence-corrected chi connectivity index (χ3v) is 2.60. The number of hydrogen-bond donors (Lipinski definition) is 2. The number of nitrogens with zero attached hydrogens (tertiary/aromatic N) is 1. The zero-order valence-corrected chi connectivity index (χ0v) is 7.23. The molecule has 0 saturated heterocycles. The molecular formula is C7H9N3OS. The molecule has 2 rings (SSSR count). The minimum Gasteiger partial charge on any atom is -0.365 e. The second kappa shape index (κ2) is 2.75. The van der Waals surface area contributed by atoms with Crippen molar-refractivity contribution in [2.75, 3.05) is 5.32 Å². The van der Waals surface area contributed by atoms with Gasteiger partial charge in [-0.25, -0.2) is 4.98 Å². The third-order valence-electron chi connectivity index (χ3n) is 1.65. The quantitative estimate of drug-likeness (QED) is 0.728. The Balaban J connectivity index is 2.06. The second-order valence-corrected chi connectivity index (χ2v) is 3.84. The van der Waals surface area contributed by atoms with Gasteiger partial charge in [-0.1, -0.05) is 11.3 Å². The van der Waals surface area contributed by atoms with Crippen molar-refractivity contribution in [2.45, 2.75) is 18.9 Å². The molecule has 0 radical (unpaired) electrons. The highest BCUT2D eigenvalue weighted by Gasteiger charge is 2.22. The number of hydrogen-bond acceptors (Lipinski definition) is 4. The number of primary amides is 1. The molecule has 0 aliphatic heterocycles. The Hall–Kier alpha value is -1.10. The van der Waals surface area contributed by atoms with Crippen LogP contribution in [0.3, 0.4) is 0 Å². The highest BCUT2D eigenvalue weighted by Crippen LogP contribution is 2.27. The van der Waals surface area contributed by atoms with Crippen LogP contribution in [0.5, 0.6) is 0 Å². The van der Waals surface area contributed by atoms with Crippen LogP contribution in [0.1, 0.15) is 22.5 Å². The van der Waals surface area contributed by atoms with Crippen molar-refractivity contribution in [3.05, 3.63) is 11.1 Å². The van der Waals surface area contributed by atoms with Gasteiger partial charge in [0.05, 0.1) is 6.20 Å². The maximum absolute atomic E-state index is 10.7. The molecule has 1 saturated carbocycles. The maximum atomic E-state index is 10.7. The molecule has 12 heavy (non-hydrogen) atoms. The number of nitrogens with two attached hydrogens (primary N) is 1. The molecule has 1 aliphatic carbocycles. The lowest BCUT2D eigenvalue weighted by atomic mass is 10.5. The molecule has 1 amide bonds. The lowest BCUT2D eigenvalue weighted by Crippen LogP contribution is -2.08. The molecule has 0 bridgehead atoms. The number of rotatable bonds is 3. The van der Waals surface area contributed by atoms with Crippen molar-refractivity contribution in [2.24, 2.45) is 5.73 Å². The fraction of sp³-hybridized carbons (Fsp3) is 0.429. The molecule has 4 nitrogen and oxygen atoms in total. The van der Waals surface area contributed by atoms with E-state index in [2.05, 4.69) is 10.3 Å². The molecule has 1 fully saturated rings. The molecule has 1 aromatic rings. The number of thiazole rings is 1. The summed E-state index contributed by atoms with van der Waals surface area (Å²) in [5.74, 6) is -0.406. The van der Waals surface area contributed by atoms with Crippen LogP contribution in [-0.2, 0) is 0 Å². The Morgan fingerprint density at radius 3 is 3.00 bits per heavy atom. The van der Waals surface area contributed by atoms with E-state index in [-0.39, 0.29) is 0 Å². The Morgan fingerprint density at radius 2 is 2.50 bits per heavy atom. The monoisotopic (exact) mass is 183 g/mol. The van der Waals surface area contributed by atoms with Crippen LogP contribution in [-0.4, -0.2) is 16.9 Å². The first kappa shape index (κ1) is 7.54. The summed E-state index contributed by atoms with van der Waals surface area (Å²) in [5, 5.41) is 3.99. The smallest absolute Gasteiger partial charge is 0.260 e. The van der Waals surface area contributed by atoms with E-state index in [4.69, 9.17) is 5.73 Å². The summed E-state index contributed by atoms with van der Waals surface area (Å²) in [7, 11) is 0. The summed E-state index contributed by atoms with van der Waals surface area (Å²) in [5.41, 5.74) is 5.08. The molecule has 5 heteroatoms. The third kappa shape index (κ3) is 1.55. The van der Waals surface area contributed by atoms with E-state index in [0.29, 0.717) is 10.9 Å². The van der Waals surface area contributed by atoms with Gasteiger partial charge < -0.3 is 11.1 Å². The number of amides is 1. The van der Waals surface area contributed by atoms with Gasteiger partial charge in [-0.05, 0) is 12.8 Å². The first-order valence-electron chi connectivity index (χ1n) is 3.78. The van der Waals surface area contributed by atoms with E-state index in [1.165, 1.54) is 30.4 Å². The van der Waals surface area contributed by atoms with Gasteiger partial charge in [0.15, 0.2) is 5.13 Å². The van der Waals surface area contributed by atoms with E-state index >= 15 is 0 Å². The Bertz CT molecular complexity index is 305. The topological polar surface area (TPSA) is 68.0 Å². The van der Waals surface area contributed by atoms with Gasteiger partial charge in [0.1, 0.15) is 4.88 Å². The minimum atomic E-state index is -0.406. The van der Waals surface area contributed by atoms with Gasteiger partial charge in [0.25, 0.3) is 5.91 Å². The van der Waals surface area contributed by atoms with E-state index in [0.717, 1.165) is 5.13 Å². The highest BCUT2D eigenvalue weighted by atomic mass is 32.1. The molecule has 0 unspecified atom stereocenters. The average Bonchev–Trinajstić information content (AvgIpc) is 2.66. The normalized spacial score (nSPS) is 16.0. The van der Waals surface area contributed by atoms with Crippen LogP contribution in [0.25, 0.3) is 0 Å². The van der Waals surface area contributed by atoms with Gasteiger partial charge >= 0.3 is 0 Å². The highest BCUT2D eigenvalue weighted by molar-refractivity contribution is 7.17. The fourth-order valence-electron chi connectivity index (χ4n) is 0.857. The van der Waals surface area contributed by atoms with Crippen molar-refractivity contribution in [1.82, 2.24) is 4.98 Å². The van der Waals surface area contributed by atoms with Gasteiger partial charge in [-0.2, -0.15) is 0 Å². The van der Waals surface area contributed by atoms with Crippen molar-refractivity contribution in [3.8, 4) is 0 Å². The Morgan fingerprint density at radius 1 is 1.75 bits per heavy atom. The predicted octanol–water partition coefficient (Wildman–Crippen LogP) is 0.816. The fourth-order valence-corrected chi connectivity index (χ4v) is 1.60. The van der Waals surface area contributed by atoms with Crippen LogP contribution < -0.4 is 11.1 Å².